The van der Waals surface area contributed by atoms with Crippen LogP contribution in [0.3, 0.4) is 0 Å². The second-order valence-electron chi connectivity index (χ2n) is 5.65. The number of carbonyl (C=O) groups excluding carboxylic acids is 1. The molecule has 3 heterocycles. The highest BCUT2D eigenvalue weighted by Crippen LogP contribution is 2.36. The molecule has 0 aliphatic carbocycles. The Kier molecular flexibility index (Phi) is 2.77. The molecule has 1 N–H and O–H groups in total. The van der Waals surface area contributed by atoms with Crippen molar-refractivity contribution in [2.45, 2.75) is 32.4 Å². The number of rotatable bonds is 1. The molecule has 3 heteroatoms. The Morgan fingerprint density at radius 2 is 1.89 bits per heavy atom. The standard InChI is InChI=1S/C15H20N2O/c1-10-11(2)14-8-15(18)16-13(10)9-17(14)12-6-4-3-5-7-12/h3-7,10-11,13-14H,8-9H2,1-2H3,(H,16,18)/t10?,11-,13+,14?/m0/s1. The first kappa shape index (κ1) is 11.6. The molecular formula is C15H20N2O. The van der Waals surface area contributed by atoms with Crippen LogP contribution >= 0.6 is 0 Å². The number of nitrogens with zero attached hydrogens (tertiary/aromatic N) is 1. The van der Waals surface area contributed by atoms with Gasteiger partial charge < -0.3 is 10.2 Å². The summed E-state index contributed by atoms with van der Waals surface area (Å²) in [5.41, 5.74) is 1.24. The fraction of sp³-hybridized carbons (Fsp3) is 0.533. The average Bonchev–Trinajstić information content (AvgIpc) is 2.61. The highest BCUT2D eigenvalue weighted by molar-refractivity contribution is 5.79. The molecule has 1 amide bonds. The molecule has 4 rings (SSSR count). The van der Waals surface area contributed by atoms with E-state index < -0.39 is 0 Å². The van der Waals surface area contributed by atoms with E-state index in [0.717, 1.165) is 6.54 Å². The maximum absolute atomic E-state index is 11.9. The maximum Gasteiger partial charge on any atom is 0.222 e. The minimum absolute atomic E-state index is 0.208. The summed E-state index contributed by atoms with van der Waals surface area (Å²) >= 11 is 0. The van der Waals surface area contributed by atoms with Crippen molar-refractivity contribution >= 4 is 11.6 Å². The lowest BCUT2D eigenvalue weighted by Crippen LogP contribution is -2.55. The average molecular weight is 244 g/mol. The van der Waals surface area contributed by atoms with Gasteiger partial charge in [-0.25, -0.2) is 0 Å². The van der Waals surface area contributed by atoms with Crippen molar-refractivity contribution in [2.24, 2.45) is 11.8 Å². The quantitative estimate of drug-likeness (QED) is 0.820. The molecule has 0 saturated carbocycles. The van der Waals surface area contributed by atoms with Crippen molar-refractivity contribution in [3.8, 4) is 0 Å². The Morgan fingerprint density at radius 3 is 2.61 bits per heavy atom. The highest BCUT2D eigenvalue weighted by Gasteiger charge is 2.43. The Labute approximate surface area is 108 Å². The Morgan fingerprint density at radius 1 is 1.17 bits per heavy atom. The zero-order valence-corrected chi connectivity index (χ0v) is 11.0. The van der Waals surface area contributed by atoms with Crippen molar-refractivity contribution in [3.05, 3.63) is 30.3 Å². The van der Waals surface area contributed by atoms with E-state index in [0.29, 0.717) is 24.3 Å². The number of anilines is 1. The summed E-state index contributed by atoms with van der Waals surface area (Å²) in [5, 5.41) is 3.17. The highest BCUT2D eigenvalue weighted by atomic mass is 16.1. The van der Waals surface area contributed by atoms with Gasteiger partial charge in [0.25, 0.3) is 0 Å². The molecule has 3 aliphatic rings. The molecule has 2 bridgehead atoms. The van der Waals surface area contributed by atoms with Crippen molar-refractivity contribution in [2.75, 3.05) is 11.4 Å². The lowest BCUT2D eigenvalue weighted by Gasteiger charge is -2.45. The van der Waals surface area contributed by atoms with Crippen LogP contribution < -0.4 is 10.2 Å². The molecule has 3 saturated heterocycles. The Balaban J connectivity index is 1.96. The monoisotopic (exact) mass is 244 g/mol. The number of amides is 1. The second-order valence-corrected chi connectivity index (χ2v) is 5.65. The van der Waals surface area contributed by atoms with Gasteiger partial charge in [-0.3, -0.25) is 4.79 Å². The van der Waals surface area contributed by atoms with Gasteiger partial charge in [-0.15, -0.1) is 0 Å². The number of para-hydroxylation sites is 1. The normalized spacial score (nSPS) is 35.2. The van der Waals surface area contributed by atoms with E-state index in [1.54, 1.807) is 0 Å². The van der Waals surface area contributed by atoms with Gasteiger partial charge in [0.15, 0.2) is 0 Å². The van der Waals surface area contributed by atoms with Crippen molar-refractivity contribution in [3.63, 3.8) is 0 Å². The summed E-state index contributed by atoms with van der Waals surface area (Å²) in [6, 6.07) is 11.1. The fourth-order valence-electron chi connectivity index (χ4n) is 3.36. The van der Waals surface area contributed by atoms with Gasteiger partial charge in [0.1, 0.15) is 0 Å². The molecule has 2 unspecified atom stereocenters. The second kappa shape index (κ2) is 4.30. The lowest BCUT2D eigenvalue weighted by atomic mass is 9.79. The SMILES string of the molecule is CC1[C@H](C)C2CC(=O)N[C@@H]1CN2c1ccccc1. The minimum Gasteiger partial charge on any atom is -0.366 e. The van der Waals surface area contributed by atoms with Crippen molar-refractivity contribution in [1.29, 1.82) is 0 Å². The van der Waals surface area contributed by atoms with Crippen LogP contribution in [0.25, 0.3) is 0 Å². The number of hydrogen-bond donors (Lipinski definition) is 1. The zero-order valence-electron chi connectivity index (χ0n) is 11.0. The predicted molar refractivity (Wildman–Crippen MR) is 72.5 cm³/mol. The molecule has 3 aliphatic heterocycles. The minimum atomic E-state index is 0.208. The smallest absolute Gasteiger partial charge is 0.222 e. The Bertz CT molecular complexity index is 445. The molecule has 0 spiro atoms. The number of carbonyl (C=O) groups is 1. The van der Waals surface area contributed by atoms with E-state index in [4.69, 9.17) is 0 Å². The van der Waals surface area contributed by atoms with Crippen LogP contribution in [0.5, 0.6) is 0 Å². The van der Waals surface area contributed by atoms with Gasteiger partial charge in [-0.2, -0.15) is 0 Å². The van der Waals surface area contributed by atoms with Gasteiger partial charge in [0.2, 0.25) is 5.91 Å². The van der Waals surface area contributed by atoms with E-state index in [1.807, 2.05) is 6.07 Å². The summed E-state index contributed by atoms with van der Waals surface area (Å²) in [5.74, 6) is 1.31. The zero-order chi connectivity index (χ0) is 12.7. The first-order valence-electron chi connectivity index (χ1n) is 6.78. The number of fused-ring (bicyclic) bond motifs is 4. The largest absolute Gasteiger partial charge is 0.366 e. The van der Waals surface area contributed by atoms with E-state index in [1.165, 1.54) is 5.69 Å². The van der Waals surface area contributed by atoms with Crippen molar-refractivity contribution < 1.29 is 4.79 Å². The third kappa shape index (κ3) is 1.78. The molecular weight excluding hydrogens is 224 g/mol. The summed E-state index contributed by atoms with van der Waals surface area (Å²) < 4.78 is 0. The van der Waals surface area contributed by atoms with Gasteiger partial charge >= 0.3 is 0 Å². The number of hydrogen-bond acceptors (Lipinski definition) is 2. The lowest BCUT2D eigenvalue weighted by molar-refractivity contribution is -0.121. The summed E-state index contributed by atoms with van der Waals surface area (Å²) in [6.07, 6.45) is 0.622. The van der Waals surface area contributed by atoms with Crippen LogP contribution in [-0.2, 0) is 4.79 Å². The van der Waals surface area contributed by atoms with Crippen LogP contribution in [0.4, 0.5) is 5.69 Å². The molecule has 0 radical (unpaired) electrons. The third-order valence-electron chi connectivity index (χ3n) is 4.69. The Hall–Kier alpha value is -1.51. The molecule has 3 nitrogen and oxygen atoms in total. The van der Waals surface area contributed by atoms with E-state index in [9.17, 15) is 4.79 Å². The van der Waals surface area contributed by atoms with E-state index in [-0.39, 0.29) is 11.9 Å². The number of benzene rings is 1. The van der Waals surface area contributed by atoms with Crippen LogP contribution in [-0.4, -0.2) is 24.5 Å². The van der Waals surface area contributed by atoms with Crippen molar-refractivity contribution in [1.82, 2.24) is 5.32 Å². The number of nitrogens with one attached hydrogen (secondary N) is 1. The third-order valence-corrected chi connectivity index (χ3v) is 4.69. The summed E-state index contributed by atoms with van der Waals surface area (Å²) in [7, 11) is 0. The molecule has 0 aromatic heterocycles. The van der Waals surface area contributed by atoms with Crippen LogP contribution in [0, 0.1) is 11.8 Å². The summed E-state index contributed by atoms with van der Waals surface area (Å²) in [6.45, 7) is 5.47. The number of piperidine rings is 1. The molecule has 18 heavy (non-hydrogen) atoms. The summed E-state index contributed by atoms with van der Waals surface area (Å²) in [4.78, 5) is 14.3. The topological polar surface area (TPSA) is 32.3 Å². The molecule has 96 valence electrons. The maximum atomic E-state index is 11.9. The van der Waals surface area contributed by atoms with Crippen LogP contribution in [0.15, 0.2) is 30.3 Å². The van der Waals surface area contributed by atoms with Gasteiger partial charge in [0.05, 0.1) is 0 Å². The van der Waals surface area contributed by atoms with Crippen LogP contribution in [0.2, 0.25) is 0 Å². The molecule has 1 aromatic carbocycles. The van der Waals surface area contributed by atoms with Gasteiger partial charge in [-0.05, 0) is 24.0 Å². The fourth-order valence-corrected chi connectivity index (χ4v) is 3.36. The van der Waals surface area contributed by atoms with Crippen LogP contribution in [0.1, 0.15) is 20.3 Å². The molecule has 4 atom stereocenters. The molecule has 3 fully saturated rings. The van der Waals surface area contributed by atoms with Gasteiger partial charge in [0, 0.05) is 30.7 Å². The first-order valence-corrected chi connectivity index (χ1v) is 6.78. The predicted octanol–water partition coefficient (Wildman–Crippen LogP) is 2.04. The van der Waals surface area contributed by atoms with E-state index in [2.05, 4.69) is 48.3 Å². The first-order chi connectivity index (χ1) is 8.66. The molecule has 1 aromatic rings. The van der Waals surface area contributed by atoms with E-state index >= 15 is 0 Å². The van der Waals surface area contributed by atoms with Gasteiger partial charge in [-0.1, -0.05) is 32.0 Å².